The van der Waals surface area contributed by atoms with Crippen molar-refractivity contribution >= 4 is 35.0 Å². The second-order valence-corrected chi connectivity index (χ2v) is 5.96. The molecule has 0 saturated heterocycles. The van der Waals surface area contributed by atoms with E-state index in [2.05, 4.69) is 16.2 Å². The van der Waals surface area contributed by atoms with E-state index in [0.29, 0.717) is 17.1 Å². The zero-order valence-electron chi connectivity index (χ0n) is 15.5. The summed E-state index contributed by atoms with van der Waals surface area (Å²) in [6.45, 7) is 0. The van der Waals surface area contributed by atoms with Crippen molar-refractivity contribution in [1.82, 2.24) is 10.9 Å². The van der Waals surface area contributed by atoms with Crippen LogP contribution in [0.1, 0.15) is 11.1 Å². The van der Waals surface area contributed by atoms with Crippen LogP contribution in [0.25, 0.3) is 6.08 Å². The number of carbonyl (C=O) groups is 1. The van der Waals surface area contributed by atoms with Crippen molar-refractivity contribution in [2.24, 2.45) is 0 Å². The van der Waals surface area contributed by atoms with Crippen LogP contribution in [0.2, 0.25) is 0 Å². The number of rotatable bonds is 5. The lowest BCUT2D eigenvalue weighted by atomic mass is 10.1. The molecule has 29 heavy (non-hydrogen) atoms. The molecule has 0 aliphatic heterocycles. The van der Waals surface area contributed by atoms with Gasteiger partial charge in [0.05, 0.1) is 25.5 Å². The number of ether oxygens (including phenoxy) is 2. The molecule has 3 N–H and O–H groups in total. The van der Waals surface area contributed by atoms with E-state index < -0.39 is 17.6 Å². The minimum Gasteiger partial charge on any atom is -0.497 e. The maximum Gasteiger partial charge on any atom is 0.418 e. The van der Waals surface area contributed by atoms with Crippen LogP contribution in [-0.4, -0.2) is 25.2 Å². The van der Waals surface area contributed by atoms with Crippen LogP contribution in [0, 0.1) is 0 Å². The number of hydrogen-bond acceptors (Lipinski definition) is 4. The van der Waals surface area contributed by atoms with Gasteiger partial charge in [0, 0.05) is 17.7 Å². The van der Waals surface area contributed by atoms with Crippen molar-refractivity contribution in [2.75, 3.05) is 19.5 Å². The number of hydrazine groups is 1. The Morgan fingerprint density at radius 2 is 1.79 bits per heavy atom. The minimum absolute atomic E-state index is 0.203. The number of nitrogens with one attached hydrogen (secondary N) is 3. The number of hydrogen-bond donors (Lipinski definition) is 3. The number of amides is 1. The van der Waals surface area contributed by atoms with E-state index >= 15 is 0 Å². The molecule has 0 aliphatic rings. The SMILES string of the molecule is COc1ccc(/C=C/C(=O)NNC(=S)Nc2ccccc2C(F)(F)F)c(OC)c1. The molecule has 0 radical (unpaired) electrons. The number of halogens is 3. The number of benzene rings is 2. The van der Waals surface area contributed by atoms with Crippen LogP contribution < -0.4 is 25.6 Å². The third-order valence-corrected chi connectivity index (χ3v) is 3.84. The normalized spacial score (nSPS) is 11.1. The maximum absolute atomic E-state index is 13.0. The van der Waals surface area contributed by atoms with Gasteiger partial charge in [-0.25, -0.2) is 0 Å². The lowest BCUT2D eigenvalue weighted by Gasteiger charge is -2.15. The fourth-order valence-electron chi connectivity index (χ4n) is 2.27. The average Bonchev–Trinajstić information content (AvgIpc) is 2.70. The minimum atomic E-state index is -4.54. The van der Waals surface area contributed by atoms with Gasteiger partial charge in [-0.2, -0.15) is 13.2 Å². The van der Waals surface area contributed by atoms with Crippen molar-refractivity contribution in [3.05, 3.63) is 59.7 Å². The number of methoxy groups -OCH3 is 2. The smallest absolute Gasteiger partial charge is 0.418 e. The molecule has 10 heteroatoms. The molecule has 0 atom stereocenters. The molecule has 1 amide bonds. The number of carbonyl (C=O) groups excluding carboxylic acids is 1. The molecule has 0 unspecified atom stereocenters. The Hall–Kier alpha value is -3.27. The fraction of sp³-hybridized carbons (Fsp3) is 0.158. The van der Waals surface area contributed by atoms with Gasteiger partial charge in [0.2, 0.25) is 0 Å². The summed E-state index contributed by atoms with van der Waals surface area (Å²) in [7, 11) is 3.00. The summed E-state index contributed by atoms with van der Waals surface area (Å²) < 4.78 is 49.3. The molecule has 2 aromatic carbocycles. The molecule has 2 rings (SSSR count). The number of para-hydroxylation sites is 1. The second kappa shape index (κ2) is 9.78. The first kappa shape index (κ1) is 22.0. The van der Waals surface area contributed by atoms with E-state index in [1.165, 1.54) is 44.6 Å². The van der Waals surface area contributed by atoms with Gasteiger partial charge in [-0.15, -0.1) is 0 Å². The Kier molecular flexibility index (Phi) is 7.43. The van der Waals surface area contributed by atoms with Gasteiger partial charge < -0.3 is 14.8 Å². The molecule has 0 bridgehead atoms. The van der Waals surface area contributed by atoms with E-state index in [-0.39, 0.29) is 10.8 Å². The zero-order chi connectivity index (χ0) is 21.4. The predicted molar refractivity (Wildman–Crippen MR) is 108 cm³/mol. The summed E-state index contributed by atoms with van der Waals surface area (Å²) in [5, 5.41) is 2.20. The predicted octanol–water partition coefficient (Wildman–Crippen LogP) is 3.75. The van der Waals surface area contributed by atoms with Crippen LogP contribution in [-0.2, 0) is 11.0 Å². The first-order valence-electron chi connectivity index (χ1n) is 8.18. The summed E-state index contributed by atoms with van der Waals surface area (Å²) in [6, 6.07) is 9.93. The third-order valence-electron chi connectivity index (χ3n) is 3.63. The van der Waals surface area contributed by atoms with E-state index in [1.54, 1.807) is 18.2 Å². The van der Waals surface area contributed by atoms with Crippen LogP contribution in [0.5, 0.6) is 11.5 Å². The van der Waals surface area contributed by atoms with Gasteiger partial charge in [-0.3, -0.25) is 15.6 Å². The standard InChI is InChI=1S/C19H18F3N3O3S/c1-27-13-9-7-12(16(11-13)28-2)8-10-17(26)24-25-18(29)23-15-6-4-3-5-14(15)19(20,21)22/h3-11H,1-2H3,(H,24,26)(H2,23,25,29)/b10-8+. The summed E-state index contributed by atoms with van der Waals surface area (Å²) in [4.78, 5) is 11.9. The van der Waals surface area contributed by atoms with Gasteiger partial charge >= 0.3 is 6.18 Å². The van der Waals surface area contributed by atoms with Gasteiger partial charge in [-0.05, 0) is 42.6 Å². The van der Waals surface area contributed by atoms with E-state index in [9.17, 15) is 18.0 Å². The average molecular weight is 425 g/mol. The molecular weight excluding hydrogens is 407 g/mol. The molecule has 0 fully saturated rings. The first-order chi connectivity index (χ1) is 13.7. The molecule has 6 nitrogen and oxygen atoms in total. The quantitative estimate of drug-likeness (QED) is 0.385. The Morgan fingerprint density at radius 3 is 2.45 bits per heavy atom. The third kappa shape index (κ3) is 6.39. The summed E-state index contributed by atoms with van der Waals surface area (Å²) in [6.07, 6.45) is -1.82. The van der Waals surface area contributed by atoms with Crippen molar-refractivity contribution in [1.29, 1.82) is 0 Å². The van der Waals surface area contributed by atoms with Gasteiger partial charge in [-0.1, -0.05) is 12.1 Å². The summed E-state index contributed by atoms with van der Waals surface area (Å²) >= 11 is 4.92. The van der Waals surface area contributed by atoms with E-state index in [0.717, 1.165) is 6.07 Å². The second-order valence-electron chi connectivity index (χ2n) is 5.55. The van der Waals surface area contributed by atoms with Crippen molar-refractivity contribution in [3.8, 4) is 11.5 Å². The summed E-state index contributed by atoms with van der Waals surface area (Å²) in [5.41, 5.74) is 4.13. The molecule has 0 heterocycles. The number of anilines is 1. The van der Waals surface area contributed by atoms with Crippen LogP contribution in [0.4, 0.5) is 18.9 Å². The monoisotopic (exact) mass is 425 g/mol. The highest BCUT2D eigenvalue weighted by molar-refractivity contribution is 7.80. The molecule has 0 spiro atoms. The first-order valence-corrected chi connectivity index (χ1v) is 8.58. The fourth-order valence-corrected chi connectivity index (χ4v) is 2.44. The van der Waals surface area contributed by atoms with Crippen LogP contribution in [0.15, 0.2) is 48.5 Å². The van der Waals surface area contributed by atoms with Crippen LogP contribution in [0.3, 0.4) is 0 Å². The molecule has 2 aromatic rings. The van der Waals surface area contributed by atoms with Crippen molar-refractivity contribution < 1.29 is 27.4 Å². The number of alkyl halides is 3. The van der Waals surface area contributed by atoms with Crippen molar-refractivity contribution in [3.63, 3.8) is 0 Å². The van der Waals surface area contributed by atoms with Gasteiger partial charge in [0.1, 0.15) is 11.5 Å². The van der Waals surface area contributed by atoms with Gasteiger partial charge in [0.15, 0.2) is 5.11 Å². The Bertz CT molecular complexity index is 917. The zero-order valence-corrected chi connectivity index (χ0v) is 16.3. The molecular formula is C19H18F3N3O3S. The summed E-state index contributed by atoms with van der Waals surface area (Å²) in [5.74, 6) is 0.527. The van der Waals surface area contributed by atoms with Gasteiger partial charge in [0.25, 0.3) is 5.91 Å². The lowest BCUT2D eigenvalue weighted by Crippen LogP contribution is -2.43. The Balaban J connectivity index is 1.95. The highest BCUT2D eigenvalue weighted by Crippen LogP contribution is 2.34. The molecule has 0 saturated carbocycles. The van der Waals surface area contributed by atoms with E-state index in [1.807, 2.05) is 0 Å². The molecule has 154 valence electrons. The lowest BCUT2D eigenvalue weighted by molar-refractivity contribution is -0.136. The highest BCUT2D eigenvalue weighted by Gasteiger charge is 2.33. The van der Waals surface area contributed by atoms with Crippen molar-refractivity contribution in [2.45, 2.75) is 6.18 Å². The maximum atomic E-state index is 13.0. The largest absolute Gasteiger partial charge is 0.497 e. The molecule has 0 aliphatic carbocycles. The van der Waals surface area contributed by atoms with E-state index in [4.69, 9.17) is 21.7 Å². The molecule has 0 aromatic heterocycles. The van der Waals surface area contributed by atoms with Crippen LogP contribution >= 0.6 is 12.2 Å². The highest BCUT2D eigenvalue weighted by atomic mass is 32.1. The Morgan fingerprint density at radius 1 is 1.07 bits per heavy atom. The number of thiocarbonyl (C=S) groups is 1. The topological polar surface area (TPSA) is 71.6 Å². The Labute approximate surface area is 170 Å².